The zero-order valence-corrected chi connectivity index (χ0v) is 18.0. The topological polar surface area (TPSA) is 92.1 Å². The third kappa shape index (κ3) is 3.91. The third-order valence-corrected chi connectivity index (χ3v) is 5.65. The molecule has 0 aliphatic carbocycles. The van der Waals surface area contributed by atoms with Gasteiger partial charge in [0.25, 0.3) is 0 Å². The van der Waals surface area contributed by atoms with E-state index in [9.17, 15) is 0 Å². The average Bonchev–Trinajstić information content (AvgIpc) is 3.12. The number of ether oxygens (including phenoxy) is 1. The van der Waals surface area contributed by atoms with Gasteiger partial charge in [-0.1, -0.05) is 0 Å². The summed E-state index contributed by atoms with van der Waals surface area (Å²) in [5, 5.41) is 6.84. The highest BCUT2D eigenvalue weighted by Crippen LogP contribution is 2.35. The fourth-order valence-electron chi connectivity index (χ4n) is 4.07. The zero-order valence-electron chi connectivity index (χ0n) is 18.0. The van der Waals surface area contributed by atoms with Crippen LogP contribution in [0.2, 0.25) is 0 Å². The van der Waals surface area contributed by atoms with Gasteiger partial charge in [-0.25, -0.2) is 9.97 Å². The molecule has 4 N–H and O–H groups in total. The van der Waals surface area contributed by atoms with E-state index in [-0.39, 0.29) is 0 Å². The third-order valence-electron chi connectivity index (χ3n) is 5.65. The SMILES string of the molecule is COc1ccc2[nH]c3nc4ccnc(NCCCN(C)CCCN)c4c(C)c3c2c1. The van der Waals surface area contributed by atoms with Gasteiger partial charge in [0.2, 0.25) is 0 Å². The van der Waals surface area contributed by atoms with Gasteiger partial charge in [-0.15, -0.1) is 0 Å². The van der Waals surface area contributed by atoms with Crippen LogP contribution in [0.4, 0.5) is 5.82 Å². The maximum Gasteiger partial charge on any atom is 0.139 e. The first kappa shape index (κ1) is 20.4. The molecular weight excluding hydrogens is 376 g/mol. The largest absolute Gasteiger partial charge is 0.497 e. The molecule has 1 aromatic carbocycles. The summed E-state index contributed by atoms with van der Waals surface area (Å²) in [5.74, 6) is 1.73. The molecule has 0 saturated carbocycles. The molecule has 0 bridgehead atoms. The summed E-state index contributed by atoms with van der Waals surface area (Å²) in [6.45, 7) is 5.81. The van der Waals surface area contributed by atoms with Crippen molar-refractivity contribution >= 4 is 38.7 Å². The Kier molecular flexibility index (Phi) is 6.01. The van der Waals surface area contributed by atoms with Gasteiger partial charge in [-0.2, -0.15) is 0 Å². The number of hydrogen-bond acceptors (Lipinski definition) is 6. The standard InChI is InChI=1S/C23H30N6O/c1-15-20-17-14-16(30-3)6-7-18(17)27-23(20)28-19-8-11-26-22(21(15)19)25-10-5-13-29(2)12-4-9-24/h6-8,11,14H,4-5,9-10,12-13,24H2,1-3H3,(H,25,26)(H,27,28). The minimum absolute atomic E-state index is 0.739. The van der Waals surface area contributed by atoms with Crippen LogP contribution in [0.5, 0.6) is 5.75 Å². The normalized spacial score (nSPS) is 11.8. The summed E-state index contributed by atoms with van der Waals surface area (Å²) in [6.07, 6.45) is 3.89. The van der Waals surface area contributed by atoms with E-state index in [4.69, 9.17) is 15.5 Å². The van der Waals surface area contributed by atoms with Crippen molar-refractivity contribution in [3.8, 4) is 5.75 Å². The molecule has 4 rings (SSSR count). The minimum atomic E-state index is 0.739. The molecule has 0 aliphatic heterocycles. The van der Waals surface area contributed by atoms with Gasteiger partial charge in [0.1, 0.15) is 17.2 Å². The van der Waals surface area contributed by atoms with Crippen molar-refractivity contribution in [1.82, 2.24) is 19.9 Å². The number of aryl methyl sites for hydroxylation is 1. The number of fused-ring (bicyclic) bond motifs is 4. The summed E-state index contributed by atoms with van der Waals surface area (Å²) in [7, 11) is 3.83. The highest BCUT2D eigenvalue weighted by atomic mass is 16.5. The molecule has 158 valence electrons. The molecule has 0 amide bonds. The van der Waals surface area contributed by atoms with Gasteiger partial charge in [0.15, 0.2) is 0 Å². The van der Waals surface area contributed by atoms with Gasteiger partial charge >= 0.3 is 0 Å². The average molecular weight is 407 g/mol. The van der Waals surface area contributed by atoms with Crippen LogP contribution >= 0.6 is 0 Å². The van der Waals surface area contributed by atoms with Crippen LogP contribution in [0.3, 0.4) is 0 Å². The van der Waals surface area contributed by atoms with Crippen LogP contribution in [0.15, 0.2) is 30.5 Å². The van der Waals surface area contributed by atoms with E-state index in [1.165, 1.54) is 5.56 Å². The molecule has 3 aromatic heterocycles. The van der Waals surface area contributed by atoms with Crippen molar-refractivity contribution in [2.75, 3.05) is 45.7 Å². The van der Waals surface area contributed by atoms with Crippen molar-refractivity contribution < 1.29 is 4.74 Å². The van der Waals surface area contributed by atoms with Crippen molar-refractivity contribution in [1.29, 1.82) is 0 Å². The van der Waals surface area contributed by atoms with Gasteiger partial charge in [-0.05, 0) is 76.3 Å². The fourth-order valence-corrected chi connectivity index (χ4v) is 4.07. The van der Waals surface area contributed by atoms with Gasteiger partial charge < -0.3 is 25.7 Å². The zero-order chi connectivity index (χ0) is 21.1. The summed E-state index contributed by atoms with van der Waals surface area (Å²) >= 11 is 0. The van der Waals surface area contributed by atoms with Crippen LogP contribution < -0.4 is 15.8 Å². The summed E-state index contributed by atoms with van der Waals surface area (Å²) < 4.78 is 5.43. The maximum atomic E-state index is 5.59. The van der Waals surface area contributed by atoms with Crippen molar-refractivity contribution in [3.05, 3.63) is 36.0 Å². The van der Waals surface area contributed by atoms with E-state index in [0.29, 0.717) is 0 Å². The Labute approximate surface area is 176 Å². The molecule has 0 saturated heterocycles. The first-order valence-corrected chi connectivity index (χ1v) is 10.5. The highest BCUT2D eigenvalue weighted by molar-refractivity contribution is 6.13. The maximum absolute atomic E-state index is 5.59. The Morgan fingerprint density at radius 2 is 2.00 bits per heavy atom. The fraction of sp³-hybridized carbons (Fsp3) is 0.391. The second-order valence-electron chi connectivity index (χ2n) is 7.78. The van der Waals surface area contributed by atoms with E-state index in [1.54, 1.807) is 7.11 Å². The Morgan fingerprint density at radius 3 is 2.80 bits per heavy atom. The van der Waals surface area contributed by atoms with Gasteiger partial charge in [0.05, 0.1) is 12.6 Å². The number of nitrogens with one attached hydrogen (secondary N) is 2. The molecule has 7 heteroatoms. The van der Waals surface area contributed by atoms with Crippen LogP contribution in [-0.2, 0) is 0 Å². The number of aromatic amines is 1. The minimum Gasteiger partial charge on any atom is -0.497 e. The monoisotopic (exact) mass is 406 g/mol. The lowest BCUT2D eigenvalue weighted by molar-refractivity contribution is 0.330. The predicted octanol–water partition coefficient (Wildman–Crippen LogP) is 3.66. The Hall–Kier alpha value is -2.90. The second-order valence-corrected chi connectivity index (χ2v) is 7.78. The van der Waals surface area contributed by atoms with E-state index in [1.807, 2.05) is 24.4 Å². The molecule has 0 atom stereocenters. The number of pyridine rings is 2. The molecular formula is C23H30N6O. The molecule has 0 radical (unpaired) electrons. The van der Waals surface area contributed by atoms with Crippen molar-refractivity contribution in [3.63, 3.8) is 0 Å². The number of aromatic nitrogens is 3. The smallest absolute Gasteiger partial charge is 0.139 e. The Morgan fingerprint density at radius 1 is 1.17 bits per heavy atom. The number of nitrogens with two attached hydrogens (primary N) is 1. The lowest BCUT2D eigenvalue weighted by Crippen LogP contribution is -2.24. The van der Waals surface area contributed by atoms with E-state index in [0.717, 1.165) is 83.4 Å². The summed E-state index contributed by atoms with van der Waals surface area (Å²) in [6, 6.07) is 8.04. The lowest BCUT2D eigenvalue weighted by Gasteiger charge is -2.16. The molecule has 0 spiro atoms. The summed E-state index contributed by atoms with van der Waals surface area (Å²) in [4.78, 5) is 15.3. The summed E-state index contributed by atoms with van der Waals surface area (Å²) in [5.41, 5.74) is 9.65. The number of methoxy groups -OCH3 is 1. The molecule has 4 aromatic rings. The Balaban J connectivity index is 1.65. The molecule has 0 unspecified atom stereocenters. The number of benzene rings is 1. The highest BCUT2D eigenvalue weighted by Gasteiger charge is 2.15. The predicted molar refractivity (Wildman–Crippen MR) is 124 cm³/mol. The molecule has 0 fully saturated rings. The van der Waals surface area contributed by atoms with Crippen LogP contribution in [-0.4, -0.2) is 60.2 Å². The van der Waals surface area contributed by atoms with Crippen LogP contribution in [0.25, 0.3) is 32.8 Å². The van der Waals surface area contributed by atoms with Gasteiger partial charge in [0, 0.05) is 34.4 Å². The molecule has 0 aliphatic rings. The quantitative estimate of drug-likeness (QED) is 0.367. The van der Waals surface area contributed by atoms with Crippen molar-refractivity contribution in [2.45, 2.75) is 19.8 Å². The number of anilines is 1. The number of nitrogens with zero attached hydrogens (tertiary/aromatic N) is 3. The Bertz CT molecular complexity index is 1170. The second kappa shape index (κ2) is 8.85. The van der Waals surface area contributed by atoms with Gasteiger partial charge in [-0.3, -0.25) is 0 Å². The van der Waals surface area contributed by atoms with E-state index >= 15 is 0 Å². The van der Waals surface area contributed by atoms with Crippen LogP contribution in [0.1, 0.15) is 18.4 Å². The number of H-pyrrole nitrogens is 1. The first-order chi connectivity index (χ1) is 14.6. The van der Waals surface area contributed by atoms with Crippen molar-refractivity contribution in [2.24, 2.45) is 5.73 Å². The first-order valence-electron chi connectivity index (χ1n) is 10.5. The van der Waals surface area contributed by atoms with Crippen LogP contribution in [0, 0.1) is 6.92 Å². The molecule has 3 heterocycles. The molecule has 30 heavy (non-hydrogen) atoms. The lowest BCUT2D eigenvalue weighted by atomic mass is 10.0. The number of hydrogen-bond donors (Lipinski definition) is 3. The van der Waals surface area contributed by atoms with E-state index < -0.39 is 0 Å². The van der Waals surface area contributed by atoms with E-state index in [2.05, 4.69) is 40.2 Å². The molecule has 7 nitrogen and oxygen atoms in total. The number of rotatable bonds is 9.